The van der Waals surface area contributed by atoms with Crippen LogP contribution in [0.15, 0.2) is 29.6 Å². The molecule has 3 aromatic rings. The van der Waals surface area contributed by atoms with Gasteiger partial charge in [-0.25, -0.2) is 9.97 Å². The van der Waals surface area contributed by atoms with Crippen molar-refractivity contribution in [1.29, 1.82) is 0 Å². The van der Waals surface area contributed by atoms with Gasteiger partial charge in [-0.1, -0.05) is 12.1 Å². The highest BCUT2D eigenvalue weighted by Gasteiger charge is 2.03. The number of aromatic amines is 1. The van der Waals surface area contributed by atoms with Crippen molar-refractivity contribution in [3.05, 3.63) is 41.2 Å². The van der Waals surface area contributed by atoms with Crippen molar-refractivity contribution in [2.75, 3.05) is 11.9 Å². The fourth-order valence-electron chi connectivity index (χ4n) is 1.86. The van der Waals surface area contributed by atoms with E-state index < -0.39 is 0 Å². The maximum Gasteiger partial charge on any atom is 0.182 e. The van der Waals surface area contributed by atoms with E-state index in [-0.39, 0.29) is 0 Å². The van der Waals surface area contributed by atoms with Crippen LogP contribution < -0.4 is 5.32 Å². The van der Waals surface area contributed by atoms with E-state index in [4.69, 9.17) is 11.6 Å². The number of halogens is 1. The maximum atomic E-state index is 5.72. The second-order valence-electron chi connectivity index (χ2n) is 4.16. The monoisotopic (exact) mass is 292 g/mol. The zero-order valence-corrected chi connectivity index (χ0v) is 11.8. The minimum absolute atomic E-state index is 0.460. The molecule has 0 fully saturated rings. The van der Waals surface area contributed by atoms with Gasteiger partial charge < -0.3 is 10.3 Å². The molecule has 0 aliphatic rings. The zero-order chi connectivity index (χ0) is 13.1. The van der Waals surface area contributed by atoms with Gasteiger partial charge in [-0.3, -0.25) is 0 Å². The molecule has 0 radical (unpaired) electrons. The van der Waals surface area contributed by atoms with E-state index in [9.17, 15) is 0 Å². The predicted octanol–water partition coefficient (Wildman–Crippen LogP) is 3.41. The van der Waals surface area contributed by atoms with Crippen molar-refractivity contribution in [2.24, 2.45) is 0 Å². The molecule has 0 atom stereocenters. The Labute approximate surface area is 119 Å². The number of aromatic nitrogens is 3. The van der Waals surface area contributed by atoms with Gasteiger partial charge in [0.2, 0.25) is 0 Å². The number of para-hydroxylation sites is 2. The molecule has 0 saturated heterocycles. The fourth-order valence-corrected chi connectivity index (χ4v) is 2.83. The molecular weight excluding hydrogens is 280 g/mol. The Morgan fingerprint density at radius 3 is 2.95 bits per heavy atom. The first kappa shape index (κ1) is 12.4. The first-order chi connectivity index (χ1) is 9.35. The number of H-pyrrole nitrogens is 1. The highest BCUT2D eigenvalue weighted by molar-refractivity contribution is 7.13. The van der Waals surface area contributed by atoms with Crippen LogP contribution >= 0.6 is 22.9 Å². The number of alkyl halides is 1. The smallest absolute Gasteiger partial charge is 0.182 e. The Morgan fingerprint density at radius 1 is 1.26 bits per heavy atom. The van der Waals surface area contributed by atoms with Crippen LogP contribution in [0.5, 0.6) is 0 Å². The van der Waals surface area contributed by atoms with Crippen LogP contribution in [0.3, 0.4) is 0 Å². The summed E-state index contributed by atoms with van der Waals surface area (Å²) in [6, 6.07) is 8.05. The molecule has 4 nitrogen and oxygen atoms in total. The van der Waals surface area contributed by atoms with Gasteiger partial charge in [0.25, 0.3) is 0 Å². The first-order valence-corrected chi connectivity index (χ1v) is 7.44. The molecule has 19 heavy (non-hydrogen) atoms. The predicted molar refractivity (Wildman–Crippen MR) is 80.0 cm³/mol. The van der Waals surface area contributed by atoms with Crippen LogP contribution in [0.4, 0.5) is 5.13 Å². The molecule has 0 spiro atoms. The number of fused-ring (bicyclic) bond motifs is 1. The normalized spacial score (nSPS) is 11.0. The van der Waals surface area contributed by atoms with Crippen LogP contribution in [0.2, 0.25) is 0 Å². The number of hydrogen-bond donors (Lipinski definition) is 2. The van der Waals surface area contributed by atoms with Crippen LogP contribution in [0, 0.1) is 0 Å². The summed E-state index contributed by atoms with van der Waals surface area (Å²) in [6.07, 6.45) is 0.838. The van der Waals surface area contributed by atoms with Crippen molar-refractivity contribution in [3.8, 4) is 0 Å². The number of hydrogen-bond acceptors (Lipinski definition) is 4. The largest absolute Gasteiger partial charge is 0.361 e. The molecule has 98 valence electrons. The van der Waals surface area contributed by atoms with Crippen LogP contribution in [-0.2, 0) is 12.3 Å². The summed E-state index contributed by atoms with van der Waals surface area (Å²) < 4.78 is 0. The molecule has 0 bridgehead atoms. The van der Waals surface area contributed by atoms with Gasteiger partial charge in [0.05, 0.1) is 22.6 Å². The van der Waals surface area contributed by atoms with Crippen molar-refractivity contribution >= 4 is 39.1 Å². The summed E-state index contributed by atoms with van der Waals surface area (Å²) in [4.78, 5) is 12.2. The third kappa shape index (κ3) is 2.88. The van der Waals surface area contributed by atoms with Gasteiger partial charge in [0.1, 0.15) is 5.82 Å². The lowest BCUT2D eigenvalue weighted by molar-refractivity contribution is 0.931. The maximum absolute atomic E-state index is 5.72. The lowest BCUT2D eigenvalue weighted by Crippen LogP contribution is -2.05. The molecule has 2 aromatic heterocycles. The van der Waals surface area contributed by atoms with E-state index in [1.165, 1.54) is 0 Å². The number of thiazole rings is 1. The molecule has 1 aromatic carbocycles. The minimum atomic E-state index is 0.460. The Morgan fingerprint density at radius 2 is 2.16 bits per heavy atom. The number of imidazole rings is 1. The molecule has 2 N–H and O–H groups in total. The molecule has 0 aliphatic carbocycles. The average molecular weight is 293 g/mol. The molecule has 6 heteroatoms. The van der Waals surface area contributed by atoms with E-state index in [1.807, 2.05) is 29.6 Å². The van der Waals surface area contributed by atoms with Crippen LogP contribution in [0.25, 0.3) is 11.0 Å². The number of nitrogens with zero attached hydrogens (tertiary/aromatic N) is 2. The molecule has 0 unspecified atom stereocenters. The lowest BCUT2D eigenvalue weighted by atomic mass is 10.3. The topological polar surface area (TPSA) is 53.6 Å². The first-order valence-electron chi connectivity index (χ1n) is 6.03. The summed E-state index contributed by atoms with van der Waals surface area (Å²) in [5.41, 5.74) is 3.00. The van der Waals surface area contributed by atoms with Crippen molar-refractivity contribution in [1.82, 2.24) is 15.0 Å². The van der Waals surface area contributed by atoms with Crippen LogP contribution in [0.1, 0.15) is 11.5 Å². The van der Waals surface area contributed by atoms with Crippen molar-refractivity contribution in [2.45, 2.75) is 12.3 Å². The second-order valence-corrected chi connectivity index (χ2v) is 5.28. The Hall–Kier alpha value is -1.59. The highest BCUT2D eigenvalue weighted by atomic mass is 35.5. The van der Waals surface area contributed by atoms with Gasteiger partial charge >= 0.3 is 0 Å². The molecule has 0 amide bonds. The van der Waals surface area contributed by atoms with E-state index in [1.54, 1.807) is 11.3 Å². The van der Waals surface area contributed by atoms with E-state index >= 15 is 0 Å². The zero-order valence-electron chi connectivity index (χ0n) is 10.2. The third-order valence-electron chi connectivity index (χ3n) is 2.77. The summed E-state index contributed by atoms with van der Waals surface area (Å²) >= 11 is 7.29. The molecule has 2 heterocycles. The molecule has 3 rings (SSSR count). The summed E-state index contributed by atoms with van der Waals surface area (Å²) in [6.45, 7) is 0.801. The summed E-state index contributed by atoms with van der Waals surface area (Å²) in [5, 5.41) is 6.16. The Balaban J connectivity index is 1.59. The van der Waals surface area contributed by atoms with Crippen molar-refractivity contribution < 1.29 is 0 Å². The number of rotatable bonds is 5. The quantitative estimate of drug-likeness (QED) is 0.709. The molecule has 0 saturated carbocycles. The lowest BCUT2D eigenvalue weighted by Gasteiger charge is -1.99. The number of benzene rings is 1. The summed E-state index contributed by atoms with van der Waals surface area (Å²) in [7, 11) is 0. The van der Waals surface area contributed by atoms with Gasteiger partial charge in [0.15, 0.2) is 5.13 Å². The van der Waals surface area contributed by atoms with E-state index in [0.717, 1.165) is 40.6 Å². The van der Waals surface area contributed by atoms with Gasteiger partial charge in [-0.15, -0.1) is 22.9 Å². The van der Waals surface area contributed by atoms with Gasteiger partial charge in [-0.05, 0) is 12.1 Å². The van der Waals surface area contributed by atoms with Crippen LogP contribution in [-0.4, -0.2) is 21.5 Å². The SMILES string of the molecule is ClCc1csc(NCCc2nc3ccccc3[nH]2)n1. The standard InChI is InChI=1S/C13H13ClN4S/c14-7-9-8-19-13(16-9)15-6-5-12-17-10-3-1-2-4-11(10)18-12/h1-4,8H,5-7H2,(H,15,16)(H,17,18). The fraction of sp³-hybridized carbons (Fsp3) is 0.231. The summed E-state index contributed by atoms with van der Waals surface area (Å²) in [5.74, 6) is 1.45. The third-order valence-corrected chi connectivity index (χ3v) is 3.89. The molecule has 0 aliphatic heterocycles. The van der Waals surface area contributed by atoms with Gasteiger partial charge in [0, 0.05) is 18.3 Å². The molecular formula is C13H13ClN4S. The van der Waals surface area contributed by atoms with Gasteiger partial charge in [-0.2, -0.15) is 0 Å². The Kier molecular flexibility index (Phi) is 3.66. The second kappa shape index (κ2) is 5.59. The minimum Gasteiger partial charge on any atom is -0.361 e. The number of nitrogens with one attached hydrogen (secondary N) is 2. The average Bonchev–Trinajstić information content (AvgIpc) is 3.04. The van der Waals surface area contributed by atoms with Crippen molar-refractivity contribution in [3.63, 3.8) is 0 Å². The number of anilines is 1. The highest BCUT2D eigenvalue weighted by Crippen LogP contribution is 2.16. The van der Waals surface area contributed by atoms with E-state index in [0.29, 0.717) is 5.88 Å². The Bertz CT molecular complexity index is 643. The van der Waals surface area contributed by atoms with E-state index in [2.05, 4.69) is 20.3 Å².